The van der Waals surface area contributed by atoms with Crippen molar-refractivity contribution in [3.63, 3.8) is 0 Å². The molecule has 0 bridgehead atoms. The Bertz CT molecular complexity index is 938. The van der Waals surface area contributed by atoms with Crippen molar-refractivity contribution >= 4 is 33.3 Å². The first-order valence-electron chi connectivity index (χ1n) is 8.95. The Balaban J connectivity index is 1.60. The van der Waals surface area contributed by atoms with E-state index in [9.17, 15) is 18.0 Å². The largest absolute Gasteiger partial charge is 0.343 e. The fourth-order valence-corrected chi connectivity index (χ4v) is 4.05. The number of aromatic nitrogens is 1. The number of piperidine rings is 1. The molecule has 9 heteroatoms. The number of carbonyl (C=O) groups excluding carboxylic acids is 2. The number of carbonyl (C=O) groups is 2. The Morgan fingerprint density at radius 2 is 1.75 bits per heavy atom. The number of amides is 2. The van der Waals surface area contributed by atoms with Crippen LogP contribution in [0.15, 0.2) is 53.6 Å². The quantitative estimate of drug-likeness (QED) is 0.796. The topological polar surface area (TPSA) is 108 Å². The highest BCUT2D eigenvalue weighted by atomic mass is 32.2. The summed E-state index contributed by atoms with van der Waals surface area (Å²) in [4.78, 5) is 29.5. The van der Waals surface area contributed by atoms with Crippen molar-refractivity contribution in [2.45, 2.75) is 24.7 Å². The summed E-state index contributed by atoms with van der Waals surface area (Å²) >= 11 is 0. The highest BCUT2D eigenvalue weighted by Gasteiger charge is 2.26. The van der Waals surface area contributed by atoms with Gasteiger partial charge < -0.3 is 10.2 Å². The van der Waals surface area contributed by atoms with E-state index in [1.165, 1.54) is 25.3 Å². The zero-order chi connectivity index (χ0) is 20.1. The summed E-state index contributed by atoms with van der Waals surface area (Å²) in [5, 5.41) is 2.81. The minimum absolute atomic E-state index is 0.0231. The van der Waals surface area contributed by atoms with Crippen molar-refractivity contribution in [3.05, 3.63) is 48.7 Å². The number of nitrogens with zero attached hydrogens (tertiary/aromatic N) is 2. The molecule has 2 N–H and O–H groups in total. The van der Waals surface area contributed by atoms with Gasteiger partial charge in [-0.2, -0.15) is 0 Å². The van der Waals surface area contributed by atoms with Crippen molar-refractivity contribution in [1.82, 2.24) is 9.88 Å². The normalized spacial score (nSPS) is 15.1. The summed E-state index contributed by atoms with van der Waals surface area (Å²) < 4.78 is 27.2. The maximum absolute atomic E-state index is 12.4. The van der Waals surface area contributed by atoms with Gasteiger partial charge in [0.25, 0.3) is 10.0 Å². The number of sulfonamides is 1. The highest BCUT2D eigenvalue weighted by Crippen LogP contribution is 2.21. The zero-order valence-corrected chi connectivity index (χ0v) is 16.3. The number of rotatable bonds is 5. The Labute approximate surface area is 164 Å². The van der Waals surface area contributed by atoms with Crippen LogP contribution in [-0.4, -0.2) is 43.2 Å². The van der Waals surface area contributed by atoms with Gasteiger partial charge in [-0.25, -0.2) is 13.4 Å². The molecule has 3 rings (SSSR count). The Kier molecular flexibility index (Phi) is 5.93. The lowest BCUT2D eigenvalue weighted by molar-refractivity contribution is -0.132. The van der Waals surface area contributed by atoms with Gasteiger partial charge in [0.2, 0.25) is 11.8 Å². The van der Waals surface area contributed by atoms with Crippen LogP contribution in [0.5, 0.6) is 0 Å². The molecule has 0 atom stereocenters. The molecule has 8 nitrogen and oxygen atoms in total. The summed E-state index contributed by atoms with van der Waals surface area (Å²) in [6.07, 6.45) is 2.73. The molecule has 1 fully saturated rings. The van der Waals surface area contributed by atoms with Gasteiger partial charge in [0, 0.05) is 37.8 Å². The van der Waals surface area contributed by atoms with Gasteiger partial charge in [-0.1, -0.05) is 6.07 Å². The van der Waals surface area contributed by atoms with Crippen LogP contribution >= 0.6 is 0 Å². The first-order valence-corrected chi connectivity index (χ1v) is 10.4. The standard InChI is InChI=1S/C19H22N4O4S/c1-14(24)23-12-9-15(10-13-23)19(25)21-16-5-7-17(8-6-16)28(26,27)22-18-4-2-3-11-20-18/h2-8,11,15H,9-10,12-13H2,1H3,(H,20,22)(H,21,25). The lowest BCUT2D eigenvalue weighted by atomic mass is 9.96. The molecule has 0 radical (unpaired) electrons. The summed E-state index contributed by atoms with van der Waals surface area (Å²) in [6, 6.07) is 10.9. The molecule has 1 aromatic carbocycles. The summed E-state index contributed by atoms with van der Waals surface area (Å²) in [5.41, 5.74) is 0.524. The molecule has 1 aromatic heterocycles. The Morgan fingerprint density at radius 1 is 1.07 bits per heavy atom. The number of benzene rings is 1. The maximum atomic E-state index is 12.4. The van der Waals surface area contributed by atoms with Crippen LogP contribution in [0.3, 0.4) is 0 Å². The van der Waals surface area contributed by atoms with Gasteiger partial charge in [0.05, 0.1) is 4.90 Å². The predicted octanol–water partition coefficient (Wildman–Crippen LogP) is 2.08. The SMILES string of the molecule is CC(=O)N1CCC(C(=O)Nc2ccc(S(=O)(=O)Nc3ccccn3)cc2)CC1. The molecule has 2 amide bonds. The lowest BCUT2D eigenvalue weighted by Gasteiger charge is -2.30. The van der Waals surface area contributed by atoms with Gasteiger partial charge in [-0.05, 0) is 49.2 Å². The molecule has 1 saturated heterocycles. The third-order valence-corrected chi connectivity index (χ3v) is 6.02. The van der Waals surface area contributed by atoms with E-state index in [1.807, 2.05) is 0 Å². The fourth-order valence-electron chi connectivity index (χ4n) is 3.04. The van der Waals surface area contributed by atoms with E-state index in [0.29, 0.717) is 31.6 Å². The van der Waals surface area contributed by atoms with E-state index in [-0.39, 0.29) is 28.4 Å². The van der Waals surface area contributed by atoms with Crippen LogP contribution in [0.4, 0.5) is 11.5 Å². The summed E-state index contributed by atoms with van der Waals surface area (Å²) in [5.74, 6) is -0.0259. The average Bonchev–Trinajstić information content (AvgIpc) is 2.69. The third kappa shape index (κ3) is 4.86. The number of nitrogens with one attached hydrogen (secondary N) is 2. The van der Waals surface area contributed by atoms with Gasteiger partial charge in [-0.3, -0.25) is 14.3 Å². The van der Waals surface area contributed by atoms with Crippen molar-refractivity contribution in [2.24, 2.45) is 5.92 Å². The Hall–Kier alpha value is -2.94. The van der Waals surface area contributed by atoms with Crippen LogP contribution in [0.2, 0.25) is 0 Å². The first-order chi connectivity index (χ1) is 13.3. The molecule has 28 heavy (non-hydrogen) atoms. The van der Waals surface area contributed by atoms with E-state index in [4.69, 9.17) is 0 Å². The highest BCUT2D eigenvalue weighted by molar-refractivity contribution is 7.92. The van der Waals surface area contributed by atoms with Crippen molar-refractivity contribution in [1.29, 1.82) is 0 Å². The fraction of sp³-hybridized carbons (Fsp3) is 0.316. The molecule has 1 aliphatic rings. The second kappa shape index (κ2) is 8.39. The average molecular weight is 402 g/mol. The van der Waals surface area contributed by atoms with Crippen LogP contribution in [-0.2, 0) is 19.6 Å². The van der Waals surface area contributed by atoms with Crippen molar-refractivity contribution in [3.8, 4) is 0 Å². The van der Waals surface area contributed by atoms with Gasteiger partial charge >= 0.3 is 0 Å². The molecular formula is C19H22N4O4S. The zero-order valence-electron chi connectivity index (χ0n) is 15.5. The van der Waals surface area contributed by atoms with E-state index < -0.39 is 10.0 Å². The second-order valence-electron chi connectivity index (χ2n) is 6.61. The number of anilines is 2. The number of pyridine rings is 1. The smallest absolute Gasteiger partial charge is 0.263 e. The lowest BCUT2D eigenvalue weighted by Crippen LogP contribution is -2.40. The van der Waals surface area contributed by atoms with Crippen molar-refractivity contribution < 1.29 is 18.0 Å². The molecule has 0 spiro atoms. The third-order valence-electron chi connectivity index (χ3n) is 4.65. The minimum Gasteiger partial charge on any atom is -0.343 e. The van der Waals surface area contributed by atoms with E-state index in [0.717, 1.165) is 0 Å². The predicted molar refractivity (Wildman–Crippen MR) is 105 cm³/mol. The van der Waals surface area contributed by atoms with Crippen LogP contribution in [0.25, 0.3) is 0 Å². The summed E-state index contributed by atoms with van der Waals surface area (Å²) in [7, 11) is -3.76. The molecule has 2 aromatic rings. The molecule has 1 aliphatic heterocycles. The molecule has 0 unspecified atom stereocenters. The molecule has 0 aliphatic carbocycles. The number of likely N-dealkylation sites (tertiary alicyclic amines) is 1. The van der Waals surface area contributed by atoms with E-state index in [1.54, 1.807) is 35.2 Å². The maximum Gasteiger partial charge on any atom is 0.263 e. The second-order valence-corrected chi connectivity index (χ2v) is 8.30. The summed E-state index contributed by atoms with van der Waals surface area (Å²) in [6.45, 7) is 2.67. The van der Waals surface area contributed by atoms with Crippen LogP contribution in [0.1, 0.15) is 19.8 Å². The monoisotopic (exact) mass is 402 g/mol. The minimum atomic E-state index is -3.76. The van der Waals surface area contributed by atoms with E-state index in [2.05, 4.69) is 15.0 Å². The molecular weight excluding hydrogens is 380 g/mol. The molecule has 2 heterocycles. The first kappa shape index (κ1) is 19.8. The van der Waals surface area contributed by atoms with Gasteiger partial charge in [0.15, 0.2) is 0 Å². The van der Waals surface area contributed by atoms with E-state index >= 15 is 0 Å². The van der Waals surface area contributed by atoms with Gasteiger partial charge in [-0.15, -0.1) is 0 Å². The van der Waals surface area contributed by atoms with Crippen molar-refractivity contribution in [2.75, 3.05) is 23.1 Å². The Morgan fingerprint density at radius 3 is 2.32 bits per heavy atom. The number of hydrogen-bond donors (Lipinski definition) is 2. The van der Waals surface area contributed by atoms with Crippen LogP contribution in [0, 0.1) is 5.92 Å². The molecule has 0 saturated carbocycles. The molecule has 148 valence electrons. The number of hydrogen-bond acceptors (Lipinski definition) is 5. The van der Waals surface area contributed by atoms with Gasteiger partial charge in [0.1, 0.15) is 5.82 Å². The van der Waals surface area contributed by atoms with Crippen LogP contribution < -0.4 is 10.0 Å².